The van der Waals surface area contributed by atoms with E-state index >= 15 is 0 Å². The fourth-order valence-electron chi connectivity index (χ4n) is 1.82. The summed E-state index contributed by atoms with van der Waals surface area (Å²) in [5, 5.41) is 9.79. The van der Waals surface area contributed by atoms with Crippen LogP contribution in [0.3, 0.4) is 0 Å². The highest BCUT2D eigenvalue weighted by Crippen LogP contribution is 2.32. The van der Waals surface area contributed by atoms with Crippen molar-refractivity contribution in [1.29, 1.82) is 0 Å². The van der Waals surface area contributed by atoms with Crippen LogP contribution in [0.4, 0.5) is 0 Å². The number of nitrogens with two attached hydrogens (primary N) is 1. The Hall–Kier alpha value is -1.56. The summed E-state index contributed by atoms with van der Waals surface area (Å²) in [5.41, 5.74) is 7.51. The predicted molar refractivity (Wildman–Crippen MR) is 76.5 cm³/mol. The van der Waals surface area contributed by atoms with E-state index in [1.807, 2.05) is 47.0 Å². The number of rotatable bonds is 3. The summed E-state index contributed by atoms with van der Waals surface area (Å²) < 4.78 is 1.94. The van der Waals surface area contributed by atoms with Crippen molar-refractivity contribution in [2.75, 3.05) is 0 Å². The van der Waals surface area contributed by atoms with E-state index < -0.39 is 0 Å². The van der Waals surface area contributed by atoms with Crippen LogP contribution in [0.5, 0.6) is 0 Å². The standard InChI is InChI=1S/C13H11ClN4S/c14-10-4-3-5-11(9(10)8-15)19-13-17-16-12-6-1-2-7-18(12)13/h1-7H,8,15H2. The molecule has 0 bridgehead atoms. The van der Waals surface area contributed by atoms with Crippen molar-refractivity contribution in [2.24, 2.45) is 5.73 Å². The highest BCUT2D eigenvalue weighted by atomic mass is 35.5. The molecule has 0 unspecified atom stereocenters. The highest BCUT2D eigenvalue weighted by molar-refractivity contribution is 7.99. The second-order valence-electron chi connectivity index (χ2n) is 3.93. The fourth-order valence-corrected chi connectivity index (χ4v) is 3.12. The first-order valence-corrected chi connectivity index (χ1v) is 6.94. The van der Waals surface area contributed by atoms with E-state index in [-0.39, 0.29) is 0 Å². The van der Waals surface area contributed by atoms with Crippen molar-refractivity contribution in [2.45, 2.75) is 16.6 Å². The molecule has 4 nitrogen and oxygen atoms in total. The van der Waals surface area contributed by atoms with Gasteiger partial charge >= 0.3 is 0 Å². The first kappa shape index (κ1) is 12.5. The molecular formula is C13H11ClN4S. The second kappa shape index (κ2) is 5.21. The fraction of sp³-hybridized carbons (Fsp3) is 0.0769. The molecule has 3 rings (SSSR count). The lowest BCUT2D eigenvalue weighted by Crippen LogP contribution is -1.99. The van der Waals surface area contributed by atoms with E-state index in [0.29, 0.717) is 11.6 Å². The molecule has 0 saturated heterocycles. The molecule has 0 aliphatic rings. The van der Waals surface area contributed by atoms with Gasteiger partial charge in [-0.05, 0) is 41.6 Å². The number of halogens is 1. The van der Waals surface area contributed by atoms with Crippen LogP contribution in [0.15, 0.2) is 52.6 Å². The molecule has 19 heavy (non-hydrogen) atoms. The molecule has 2 N–H and O–H groups in total. The third-order valence-corrected chi connectivity index (χ3v) is 4.18. The molecule has 0 atom stereocenters. The van der Waals surface area contributed by atoms with Crippen molar-refractivity contribution < 1.29 is 0 Å². The summed E-state index contributed by atoms with van der Waals surface area (Å²) in [6.07, 6.45) is 1.93. The summed E-state index contributed by atoms with van der Waals surface area (Å²) >= 11 is 7.67. The predicted octanol–water partition coefficient (Wildman–Crippen LogP) is 2.99. The van der Waals surface area contributed by atoms with Crippen molar-refractivity contribution in [3.8, 4) is 0 Å². The van der Waals surface area contributed by atoms with Gasteiger partial charge in [-0.15, -0.1) is 10.2 Å². The van der Waals surface area contributed by atoms with E-state index in [4.69, 9.17) is 17.3 Å². The first-order valence-electron chi connectivity index (χ1n) is 5.74. The van der Waals surface area contributed by atoms with Crippen molar-refractivity contribution >= 4 is 29.0 Å². The van der Waals surface area contributed by atoms with E-state index in [2.05, 4.69) is 10.2 Å². The average molecular weight is 291 g/mol. The van der Waals surface area contributed by atoms with E-state index in [1.54, 1.807) is 0 Å². The number of hydrogen-bond acceptors (Lipinski definition) is 4. The molecule has 0 aliphatic heterocycles. The average Bonchev–Trinajstić information content (AvgIpc) is 2.83. The Labute approximate surface area is 119 Å². The number of pyridine rings is 1. The number of aromatic nitrogens is 3. The van der Waals surface area contributed by atoms with Gasteiger partial charge in [0.25, 0.3) is 0 Å². The summed E-state index contributed by atoms with van der Waals surface area (Å²) in [4.78, 5) is 1.01. The van der Waals surface area contributed by atoms with Crippen molar-refractivity contribution in [1.82, 2.24) is 14.6 Å². The lowest BCUT2D eigenvalue weighted by molar-refractivity contribution is 0.918. The minimum atomic E-state index is 0.402. The Bertz CT molecular complexity index is 725. The van der Waals surface area contributed by atoms with Gasteiger partial charge in [0.05, 0.1) is 0 Å². The van der Waals surface area contributed by atoms with Gasteiger partial charge < -0.3 is 5.73 Å². The molecule has 0 radical (unpaired) electrons. The number of nitrogens with zero attached hydrogens (tertiary/aromatic N) is 3. The molecule has 0 spiro atoms. The molecule has 1 aromatic carbocycles. The molecule has 3 aromatic rings. The lowest BCUT2D eigenvalue weighted by Gasteiger charge is -2.07. The minimum Gasteiger partial charge on any atom is -0.326 e. The lowest BCUT2D eigenvalue weighted by atomic mass is 10.2. The molecule has 0 amide bonds. The van der Waals surface area contributed by atoms with Crippen LogP contribution in [-0.2, 0) is 6.54 Å². The maximum absolute atomic E-state index is 6.15. The first-order chi connectivity index (χ1) is 9.29. The number of fused-ring (bicyclic) bond motifs is 1. The zero-order chi connectivity index (χ0) is 13.2. The zero-order valence-electron chi connectivity index (χ0n) is 9.95. The van der Waals surface area contributed by atoms with Crippen LogP contribution >= 0.6 is 23.4 Å². The topological polar surface area (TPSA) is 56.2 Å². The van der Waals surface area contributed by atoms with Crippen LogP contribution in [0, 0.1) is 0 Å². The van der Waals surface area contributed by atoms with Gasteiger partial charge in [-0.2, -0.15) is 0 Å². The normalized spacial score (nSPS) is 11.1. The smallest absolute Gasteiger partial charge is 0.200 e. The van der Waals surface area contributed by atoms with Crippen LogP contribution in [-0.4, -0.2) is 14.6 Å². The maximum atomic E-state index is 6.15. The van der Waals surface area contributed by atoms with Crippen molar-refractivity contribution in [3.63, 3.8) is 0 Å². The van der Waals surface area contributed by atoms with Gasteiger partial charge in [-0.3, -0.25) is 4.40 Å². The van der Waals surface area contributed by atoms with Gasteiger partial charge in [-0.1, -0.05) is 23.7 Å². The SMILES string of the molecule is NCc1c(Cl)cccc1Sc1nnc2ccccn12. The summed E-state index contributed by atoms with van der Waals surface area (Å²) in [5.74, 6) is 0. The van der Waals surface area contributed by atoms with Gasteiger partial charge in [0.15, 0.2) is 10.8 Å². The molecule has 0 aliphatic carbocycles. The Morgan fingerprint density at radius 3 is 2.89 bits per heavy atom. The van der Waals surface area contributed by atoms with E-state index in [9.17, 15) is 0 Å². The zero-order valence-corrected chi connectivity index (χ0v) is 11.5. The Kier molecular flexibility index (Phi) is 3.42. The van der Waals surface area contributed by atoms with Crippen LogP contribution in [0.2, 0.25) is 5.02 Å². The maximum Gasteiger partial charge on any atom is 0.200 e. The summed E-state index contributed by atoms with van der Waals surface area (Å²) in [6.45, 7) is 0.402. The summed E-state index contributed by atoms with van der Waals surface area (Å²) in [7, 11) is 0. The van der Waals surface area contributed by atoms with Gasteiger partial charge in [0.1, 0.15) is 0 Å². The third kappa shape index (κ3) is 2.32. The Balaban J connectivity index is 2.04. The molecule has 6 heteroatoms. The van der Waals surface area contributed by atoms with Gasteiger partial charge in [0.2, 0.25) is 0 Å². The largest absolute Gasteiger partial charge is 0.326 e. The number of benzene rings is 1. The molecule has 96 valence electrons. The quantitative estimate of drug-likeness (QED) is 0.806. The van der Waals surface area contributed by atoms with Gasteiger partial charge in [-0.25, -0.2) is 0 Å². The molecule has 0 saturated carbocycles. The van der Waals surface area contributed by atoms with Crippen LogP contribution < -0.4 is 5.73 Å². The van der Waals surface area contributed by atoms with Gasteiger partial charge in [0, 0.05) is 22.7 Å². The summed E-state index contributed by atoms with van der Waals surface area (Å²) in [6, 6.07) is 11.5. The molecule has 0 fully saturated rings. The molecular weight excluding hydrogens is 280 g/mol. The van der Waals surface area contributed by atoms with E-state index in [1.165, 1.54) is 11.8 Å². The van der Waals surface area contributed by atoms with Crippen LogP contribution in [0.25, 0.3) is 5.65 Å². The van der Waals surface area contributed by atoms with E-state index in [0.717, 1.165) is 21.3 Å². The van der Waals surface area contributed by atoms with Crippen LogP contribution in [0.1, 0.15) is 5.56 Å². The highest BCUT2D eigenvalue weighted by Gasteiger charge is 2.11. The molecule has 2 heterocycles. The Morgan fingerprint density at radius 2 is 2.05 bits per heavy atom. The monoisotopic (exact) mass is 290 g/mol. The second-order valence-corrected chi connectivity index (χ2v) is 5.35. The third-order valence-electron chi connectivity index (χ3n) is 2.76. The number of hydrogen-bond donors (Lipinski definition) is 1. The van der Waals surface area contributed by atoms with Crippen molar-refractivity contribution in [3.05, 3.63) is 53.2 Å². The Morgan fingerprint density at radius 1 is 1.16 bits per heavy atom. The minimum absolute atomic E-state index is 0.402. The molecule has 2 aromatic heterocycles.